The van der Waals surface area contributed by atoms with Gasteiger partial charge in [0, 0.05) is 11.8 Å². The van der Waals surface area contributed by atoms with Crippen molar-refractivity contribution in [3.8, 4) is 11.5 Å². The van der Waals surface area contributed by atoms with E-state index in [9.17, 15) is 16.8 Å². The van der Waals surface area contributed by atoms with E-state index in [-0.39, 0.29) is 10.8 Å². The monoisotopic (exact) mass is 377 g/mol. The quantitative estimate of drug-likeness (QED) is 0.694. The molecule has 6 nitrogen and oxygen atoms in total. The summed E-state index contributed by atoms with van der Waals surface area (Å²) < 4.78 is 55.1. The Hall–Kier alpha value is -2.45. The molecule has 0 saturated carbocycles. The van der Waals surface area contributed by atoms with Crippen LogP contribution in [0.2, 0.25) is 0 Å². The van der Waals surface area contributed by atoms with E-state index in [1.165, 1.54) is 12.1 Å². The molecule has 0 fully saturated rings. The molecular weight excluding hydrogens is 362 g/mol. The highest BCUT2D eigenvalue weighted by Gasteiger charge is 2.33. The van der Waals surface area contributed by atoms with Gasteiger partial charge in [-0.25, -0.2) is 16.8 Å². The van der Waals surface area contributed by atoms with Gasteiger partial charge in [-0.15, -0.1) is 0 Å². The van der Waals surface area contributed by atoms with Crippen molar-refractivity contribution >= 4 is 19.7 Å². The lowest BCUT2D eigenvalue weighted by atomic mass is 10.2. The number of sulfone groups is 2. The van der Waals surface area contributed by atoms with Gasteiger partial charge in [-0.1, -0.05) is 35.9 Å². The van der Waals surface area contributed by atoms with E-state index in [0.29, 0.717) is 5.56 Å². The lowest BCUT2D eigenvalue weighted by molar-refractivity contribution is 0.447. The molecule has 1 aromatic heterocycles. The number of hydrogen-bond donors (Lipinski definition) is 0. The first-order chi connectivity index (χ1) is 11.7. The van der Waals surface area contributed by atoms with Crippen LogP contribution in [0.4, 0.5) is 0 Å². The Morgan fingerprint density at radius 3 is 2.04 bits per heavy atom. The summed E-state index contributed by atoms with van der Waals surface area (Å²) in [5.74, 6) is -0.0632. The molecule has 0 aliphatic heterocycles. The van der Waals surface area contributed by atoms with Crippen LogP contribution in [0.15, 0.2) is 74.0 Å². The average Bonchev–Trinajstić information content (AvgIpc) is 3.02. The summed E-state index contributed by atoms with van der Waals surface area (Å²) in [5.41, 5.74) is 1.37. The first-order valence-corrected chi connectivity index (χ1v) is 10.6. The zero-order chi connectivity index (χ0) is 18.2. The Bertz CT molecular complexity index is 1110. The van der Waals surface area contributed by atoms with Gasteiger partial charge in [0.15, 0.2) is 0 Å². The van der Waals surface area contributed by atoms with Crippen LogP contribution in [0.3, 0.4) is 0 Å². The topological polar surface area (TPSA) is 94.3 Å². The fourth-order valence-electron chi connectivity index (χ4n) is 2.23. The molecule has 2 aromatic carbocycles. The van der Waals surface area contributed by atoms with E-state index in [1.54, 1.807) is 42.5 Å². The van der Waals surface area contributed by atoms with Crippen molar-refractivity contribution in [1.82, 2.24) is 4.98 Å². The van der Waals surface area contributed by atoms with E-state index in [4.69, 9.17) is 4.42 Å². The molecule has 0 N–H and O–H groups in total. The van der Waals surface area contributed by atoms with Crippen LogP contribution in [0.25, 0.3) is 11.5 Å². The molecule has 8 heteroatoms. The predicted molar refractivity (Wildman–Crippen MR) is 91.7 cm³/mol. The number of nitrogens with zero attached hydrogens (tertiary/aromatic N) is 1. The highest BCUT2D eigenvalue weighted by atomic mass is 32.2. The summed E-state index contributed by atoms with van der Waals surface area (Å²) in [6.45, 7) is 1.82. The molecule has 0 atom stereocenters. The molecule has 0 spiro atoms. The normalized spacial score (nSPS) is 12.2. The second-order valence-corrected chi connectivity index (χ2v) is 9.35. The van der Waals surface area contributed by atoms with Crippen LogP contribution < -0.4 is 0 Å². The SMILES string of the molecule is Cc1ccc(S(=O)(=O)c2nc(-c3ccccc3)oc2S(C)(=O)=O)cc1. The van der Waals surface area contributed by atoms with Gasteiger partial charge >= 0.3 is 0 Å². The summed E-state index contributed by atoms with van der Waals surface area (Å²) in [6, 6.07) is 14.6. The van der Waals surface area contributed by atoms with Crippen LogP contribution in [-0.4, -0.2) is 28.1 Å². The molecule has 3 aromatic rings. The van der Waals surface area contributed by atoms with E-state index in [1.807, 2.05) is 6.92 Å². The molecule has 0 saturated heterocycles. The summed E-state index contributed by atoms with van der Waals surface area (Å²) in [4.78, 5) is 3.94. The van der Waals surface area contributed by atoms with E-state index < -0.39 is 29.8 Å². The number of benzene rings is 2. The highest BCUT2D eigenvalue weighted by Crippen LogP contribution is 2.31. The first kappa shape index (κ1) is 17.4. The van der Waals surface area contributed by atoms with Crippen LogP contribution in [0, 0.1) is 6.92 Å². The number of hydrogen-bond acceptors (Lipinski definition) is 6. The minimum atomic E-state index is -4.14. The predicted octanol–water partition coefficient (Wildman–Crippen LogP) is 2.89. The second kappa shape index (κ2) is 6.12. The zero-order valence-electron chi connectivity index (χ0n) is 13.5. The maximum atomic E-state index is 12.9. The van der Waals surface area contributed by atoms with Gasteiger partial charge in [-0.05, 0) is 31.2 Å². The van der Waals surface area contributed by atoms with E-state index in [0.717, 1.165) is 11.8 Å². The maximum absolute atomic E-state index is 12.9. The minimum Gasteiger partial charge on any atom is -0.423 e. The largest absolute Gasteiger partial charge is 0.423 e. The van der Waals surface area contributed by atoms with Gasteiger partial charge < -0.3 is 4.42 Å². The lowest BCUT2D eigenvalue weighted by Crippen LogP contribution is -2.08. The van der Waals surface area contributed by atoms with Crippen LogP contribution >= 0.6 is 0 Å². The molecular formula is C17H15NO5S2. The molecule has 0 unspecified atom stereocenters. The Balaban J connectivity index is 2.24. The Morgan fingerprint density at radius 1 is 0.880 bits per heavy atom. The number of aryl methyl sites for hydroxylation is 1. The minimum absolute atomic E-state index is 0.0455. The first-order valence-electron chi connectivity index (χ1n) is 7.27. The van der Waals surface area contributed by atoms with Crippen molar-refractivity contribution in [2.24, 2.45) is 0 Å². The fourth-order valence-corrected chi connectivity index (χ4v) is 4.79. The molecule has 0 radical (unpaired) electrons. The second-order valence-electron chi connectivity index (χ2n) is 5.57. The van der Waals surface area contributed by atoms with Crippen molar-refractivity contribution in [2.45, 2.75) is 21.9 Å². The van der Waals surface area contributed by atoms with Gasteiger partial charge in [0.05, 0.1) is 4.90 Å². The molecule has 0 aliphatic rings. The van der Waals surface area contributed by atoms with Gasteiger partial charge in [0.2, 0.25) is 30.6 Å². The molecule has 25 heavy (non-hydrogen) atoms. The third kappa shape index (κ3) is 3.35. The van der Waals surface area contributed by atoms with Gasteiger partial charge in [-0.3, -0.25) is 0 Å². The lowest BCUT2D eigenvalue weighted by Gasteiger charge is -2.03. The number of rotatable bonds is 4. The molecule has 1 heterocycles. The smallest absolute Gasteiger partial charge is 0.258 e. The van der Waals surface area contributed by atoms with Crippen molar-refractivity contribution in [2.75, 3.05) is 6.26 Å². The average molecular weight is 377 g/mol. The summed E-state index contributed by atoms with van der Waals surface area (Å²) in [5, 5.41) is -1.26. The Morgan fingerprint density at radius 2 is 1.48 bits per heavy atom. The van der Waals surface area contributed by atoms with E-state index in [2.05, 4.69) is 4.98 Å². The molecule has 130 valence electrons. The third-order valence-corrected chi connectivity index (χ3v) is 6.27. The summed E-state index contributed by atoms with van der Waals surface area (Å²) in [6.07, 6.45) is 0.885. The number of aromatic nitrogens is 1. The Labute approximate surface area is 146 Å². The molecule has 0 bridgehead atoms. The standard InChI is InChI=1S/C17H15NO5S2/c1-12-8-10-14(11-9-12)25(21,22)16-17(24(2,19)20)23-15(18-16)13-6-4-3-5-7-13/h3-11H,1-2H3. The van der Waals surface area contributed by atoms with Gasteiger partial charge in [-0.2, -0.15) is 4.98 Å². The van der Waals surface area contributed by atoms with Crippen molar-refractivity contribution < 1.29 is 21.3 Å². The zero-order valence-corrected chi connectivity index (χ0v) is 15.1. The Kier molecular flexibility index (Phi) is 4.26. The summed E-state index contributed by atoms with van der Waals surface area (Å²) in [7, 11) is -8.07. The maximum Gasteiger partial charge on any atom is 0.258 e. The van der Waals surface area contributed by atoms with Gasteiger partial charge in [0.1, 0.15) is 0 Å². The van der Waals surface area contributed by atoms with Crippen molar-refractivity contribution in [3.05, 3.63) is 60.2 Å². The van der Waals surface area contributed by atoms with Crippen LogP contribution in [0.5, 0.6) is 0 Å². The summed E-state index contributed by atoms with van der Waals surface area (Å²) >= 11 is 0. The van der Waals surface area contributed by atoms with Crippen molar-refractivity contribution in [1.29, 1.82) is 0 Å². The van der Waals surface area contributed by atoms with Crippen molar-refractivity contribution in [3.63, 3.8) is 0 Å². The molecule has 0 aliphatic carbocycles. The molecule has 3 rings (SSSR count). The molecule has 0 amide bonds. The van der Waals surface area contributed by atoms with E-state index >= 15 is 0 Å². The van der Waals surface area contributed by atoms with Crippen LogP contribution in [0.1, 0.15) is 5.56 Å². The third-order valence-electron chi connectivity index (χ3n) is 3.51. The van der Waals surface area contributed by atoms with Crippen LogP contribution in [-0.2, 0) is 19.7 Å². The van der Waals surface area contributed by atoms with Gasteiger partial charge in [0.25, 0.3) is 5.09 Å². The number of oxazole rings is 1. The fraction of sp³-hybridized carbons (Fsp3) is 0.118. The highest BCUT2D eigenvalue weighted by molar-refractivity contribution is 7.94.